The first kappa shape index (κ1) is 17.7. The van der Waals surface area contributed by atoms with E-state index in [0.717, 1.165) is 12.8 Å². The van der Waals surface area contributed by atoms with E-state index in [1.807, 2.05) is 20.8 Å². The molecule has 1 N–H and O–H groups in total. The van der Waals surface area contributed by atoms with Crippen LogP contribution < -0.4 is 4.74 Å². The van der Waals surface area contributed by atoms with Gasteiger partial charge in [-0.05, 0) is 45.7 Å². The summed E-state index contributed by atoms with van der Waals surface area (Å²) in [6.07, 6.45) is 1.62. The van der Waals surface area contributed by atoms with E-state index in [-0.39, 0.29) is 17.8 Å². The monoisotopic (exact) mass is 341 g/mol. The quantitative estimate of drug-likeness (QED) is 0.900. The van der Waals surface area contributed by atoms with Crippen molar-refractivity contribution in [2.45, 2.75) is 39.2 Å². The molecule has 128 valence electrons. The topological polar surface area (TPSA) is 59.0 Å². The summed E-state index contributed by atoms with van der Waals surface area (Å²) in [6, 6.07) is 4.61. The molecule has 0 spiro atoms. The lowest BCUT2D eigenvalue weighted by atomic mass is 9.99. The number of amides is 1. The number of likely N-dealkylation sites (tertiary alicyclic amines) is 1. The summed E-state index contributed by atoms with van der Waals surface area (Å²) in [5.74, 6) is 0.791. The van der Waals surface area contributed by atoms with Crippen LogP contribution in [0.2, 0.25) is 5.02 Å². The maximum Gasteiger partial charge on any atom is 0.410 e. The lowest BCUT2D eigenvalue weighted by Crippen LogP contribution is -2.44. The molecule has 0 aromatic heterocycles. The molecule has 1 aliphatic heterocycles. The molecule has 1 fully saturated rings. The summed E-state index contributed by atoms with van der Waals surface area (Å²) < 4.78 is 11.1. The average molecular weight is 342 g/mol. The highest BCUT2D eigenvalue weighted by Gasteiger charge is 2.28. The molecule has 1 atom stereocenters. The highest BCUT2D eigenvalue weighted by molar-refractivity contribution is 6.32. The number of rotatable bonds is 3. The van der Waals surface area contributed by atoms with Gasteiger partial charge in [-0.2, -0.15) is 0 Å². The number of halogens is 1. The summed E-state index contributed by atoms with van der Waals surface area (Å²) in [5.41, 5.74) is -0.490. The standard InChI is InChI=1S/C17H24ClNO4/c1-17(2,3)23-16(21)19-8-4-5-12(10-19)11-22-15-9-13(20)6-7-14(15)18/h6-7,9,12,20H,4-5,8,10-11H2,1-3H3. The average Bonchev–Trinajstić information content (AvgIpc) is 2.47. The molecule has 1 unspecified atom stereocenters. The number of hydrogen-bond donors (Lipinski definition) is 1. The number of phenolic OH excluding ortho intramolecular Hbond substituents is 1. The fraction of sp³-hybridized carbons (Fsp3) is 0.588. The van der Waals surface area contributed by atoms with Crippen molar-refractivity contribution in [2.24, 2.45) is 5.92 Å². The van der Waals surface area contributed by atoms with E-state index in [2.05, 4.69) is 0 Å². The van der Waals surface area contributed by atoms with Gasteiger partial charge in [0.15, 0.2) is 0 Å². The number of phenols is 1. The van der Waals surface area contributed by atoms with Crippen LogP contribution in [-0.4, -0.2) is 41.4 Å². The Morgan fingerprint density at radius 2 is 2.17 bits per heavy atom. The van der Waals surface area contributed by atoms with Gasteiger partial charge >= 0.3 is 6.09 Å². The summed E-state index contributed by atoms with van der Waals surface area (Å²) in [5, 5.41) is 9.95. The van der Waals surface area contributed by atoms with Gasteiger partial charge in [0, 0.05) is 25.1 Å². The Morgan fingerprint density at radius 3 is 2.87 bits per heavy atom. The van der Waals surface area contributed by atoms with Crippen molar-refractivity contribution in [1.82, 2.24) is 4.90 Å². The van der Waals surface area contributed by atoms with Crippen molar-refractivity contribution >= 4 is 17.7 Å². The minimum absolute atomic E-state index is 0.114. The molecule has 2 rings (SSSR count). The van der Waals surface area contributed by atoms with Crippen LogP contribution in [0.4, 0.5) is 4.79 Å². The summed E-state index contributed by atoms with van der Waals surface area (Å²) in [6.45, 7) is 7.34. The Hall–Kier alpha value is -1.62. The Balaban J connectivity index is 1.89. The van der Waals surface area contributed by atoms with Crippen LogP contribution in [0, 0.1) is 5.92 Å². The maximum atomic E-state index is 12.1. The van der Waals surface area contributed by atoms with Crippen molar-refractivity contribution in [3.8, 4) is 11.5 Å². The van der Waals surface area contributed by atoms with Crippen LogP contribution >= 0.6 is 11.6 Å². The zero-order chi connectivity index (χ0) is 17.0. The number of hydrogen-bond acceptors (Lipinski definition) is 4. The van der Waals surface area contributed by atoms with Crippen LogP contribution in [0.15, 0.2) is 18.2 Å². The van der Waals surface area contributed by atoms with Crippen LogP contribution in [0.5, 0.6) is 11.5 Å². The molecule has 1 saturated heterocycles. The predicted octanol–water partition coefficient (Wildman–Crippen LogP) is 4.07. The second kappa shape index (κ2) is 7.30. The molecular weight excluding hydrogens is 318 g/mol. The second-order valence-electron chi connectivity index (χ2n) is 6.86. The Bertz CT molecular complexity index is 556. The molecule has 5 nitrogen and oxygen atoms in total. The van der Waals surface area contributed by atoms with E-state index in [1.54, 1.807) is 11.0 Å². The number of carbonyl (C=O) groups excluding carboxylic acids is 1. The van der Waals surface area contributed by atoms with E-state index in [1.165, 1.54) is 12.1 Å². The largest absolute Gasteiger partial charge is 0.508 e. The van der Waals surface area contributed by atoms with Gasteiger partial charge in [0.05, 0.1) is 11.6 Å². The molecule has 1 aliphatic rings. The van der Waals surface area contributed by atoms with Gasteiger partial charge in [0.2, 0.25) is 0 Å². The van der Waals surface area contributed by atoms with E-state index in [4.69, 9.17) is 21.1 Å². The third-order valence-electron chi connectivity index (χ3n) is 3.56. The van der Waals surface area contributed by atoms with E-state index in [0.29, 0.717) is 30.5 Å². The van der Waals surface area contributed by atoms with Crippen LogP contribution in [-0.2, 0) is 4.74 Å². The fourth-order valence-electron chi connectivity index (χ4n) is 2.50. The van der Waals surface area contributed by atoms with Crippen molar-refractivity contribution in [3.63, 3.8) is 0 Å². The second-order valence-corrected chi connectivity index (χ2v) is 7.27. The normalized spacial score (nSPS) is 18.6. The van der Waals surface area contributed by atoms with Gasteiger partial charge in [0.25, 0.3) is 0 Å². The zero-order valence-corrected chi connectivity index (χ0v) is 14.6. The van der Waals surface area contributed by atoms with Gasteiger partial charge in [-0.15, -0.1) is 0 Å². The van der Waals surface area contributed by atoms with Crippen LogP contribution in [0.3, 0.4) is 0 Å². The summed E-state index contributed by atoms with van der Waals surface area (Å²) >= 11 is 6.05. The van der Waals surface area contributed by atoms with Gasteiger partial charge in [-0.1, -0.05) is 11.6 Å². The summed E-state index contributed by atoms with van der Waals surface area (Å²) in [4.78, 5) is 13.9. The third-order valence-corrected chi connectivity index (χ3v) is 3.87. The fourth-order valence-corrected chi connectivity index (χ4v) is 2.68. The minimum atomic E-state index is -0.490. The molecule has 1 aromatic carbocycles. The number of nitrogens with zero attached hydrogens (tertiary/aromatic N) is 1. The van der Waals surface area contributed by atoms with Gasteiger partial charge in [0.1, 0.15) is 17.1 Å². The minimum Gasteiger partial charge on any atom is -0.508 e. The zero-order valence-electron chi connectivity index (χ0n) is 13.8. The van der Waals surface area contributed by atoms with E-state index in [9.17, 15) is 9.90 Å². The predicted molar refractivity (Wildman–Crippen MR) is 89.1 cm³/mol. The van der Waals surface area contributed by atoms with Crippen molar-refractivity contribution in [3.05, 3.63) is 23.2 Å². The molecular formula is C17H24ClNO4. The molecule has 6 heteroatoms. The molecule has 0 saturated carbocycles. The summed E-state index contributed by atoms with van der Waals surface area (Å²) in [7, 11) is 0. The number of piperidine rings is 1. The molecule has 0 bridgehead atoms. The Labute approximate surface area is 142 Å². The van der Waals surface area contributed by atoms with Gasteiger partial charge in [-0.3, -0.25) is 0 Å². The van der Waals surface area contributed by atoms with Gasteiger partial charge in [-0.25, -0.2) is 4.79 Å². The maximum absolute atomic E-state index is 12.1. The lowest BCUT2D eigenvalue weighted by molar-refractivity contribution is 0.0139. The Morgan fingerprint density at radius 1 is 1.43 bits per heavy atom. The number of aromatic hydroxyl groups is 1. The van der Waals surface area contributed by atoms with Gasteiger partial charge < -0.3 is 19.5 Å². The van der Waals surface area contributed by atoms with Crippen molar-refractivity contribution in [2.75, 3.05) is 19.7 Å². The van der Waals surface area contributed by atoms with Crippen molar-refractivity contribution < 1.29 is 19.4 Å². The SMILES string of the molecule is CC(C)(C)OC(=O)N1CCCC(COc2cc(O)ccc2Cl)C1. The van der Waals surface area contributed by atoms with E-state index < -0.39 is 5.60 Å². The van der Waals surface area contributed by atoms with Crippen LogP contribution in [0.25, 0.3) is 0 Å². The Kier molecular flexibility index (Phi) is 5.63. The first-order valence-corrected chi connectivity index (χ1v) is 8.21. The van der Waals surface area contributed by atoms with Crippen LogP contribution in [0.1, 0.15) is 33.6 Å². The highest BCUT2D eigenvalue weighted by atomic mass is 35.5. The number of carbonyl (C=O) groups is 1. The first-order chi connectivity index (χ1) is 10.7. The van der Waals surface area contributed by atoms with E-state index >= 15 is 0 Å². The van der Waals surface area contributed by atoms with Crippen molar-refractivity contribution in [1.29, 1.82) is 0 Å². The number of benzene rings is 1. The smallest absolute Gasteiger partial charge is 0.410 e. The number of ether oxygens (including phenoxy) is 2. The third kappa shape index (κ3) is 5.50. The molecule has 1 heterocycles. The first-order valence-electron chi connectivity index (χ1n) is 7.84. The molecule has 1 aromatic rings. The molecule has 23 heavy (non-hydrogen) atoms. The molecule has 1 amide bonds. The molecule has 0 aliphatic carbocycles. The highest BCUT2D eigenvalue weighted by Crippen LogP contribution is 2.29. The lowest BCUT2D eigenvalue weighted by Gasteiger charge is -2.34. The molecule has 0 radical (unpaired) electrons.